The van der Waals surface area contributed by atoms with Gasteiger partial charge in [-0.3, -0.25) is 4.18 Å². The van der Waals surface area contributed by atoms with E-state index < -0.39 is 10.1 Å². The van der Waals surface area contributed by atoms with Crippen LogP contribution in [0.25, 0.3) is 0 Å². The van der Waals surface area contributed by atoms with Crippen molar-refractivity contribution in [3.63, 3.8) is 0 Å². The van der Waals surface area contributed by atoms with Crippen LogP contribution >= 0.6 is 0 Å². The Hall–Kier alpha value is -0.170. The predicted molar refractivity (Wildman–Crippen MR) is 131 cm³/mol. The molecular weight excluding hydrogens is 436 g/mol. The molecule has 4 fully saturated rings. The monoisotopic (exact) mass is 484 g/mol. The van der Waals surface area contributed by atoms with Gasteiger partial charge in [0.2, 0.25) is 0 Å². The average molecular weight is 485 g/mol. The lowest BCUT2D eigenvalue weighted by atomic mass is 9.41. The van der Waals surface area contributed by atoms with E-state index in [1.165, 1.54) is 25.7 Å². The Morgan fingerprint density at radius 2 is 1.67 bits per heavy atom. The number of fused-ring (bicyclic) bond motifs is 5. The molecule has 4 aliphatic carbocycles. The van der Waals surface area contributed by atoms with E-state index in [-0.39, 0.29) is 29.6 Å². The molecule has 0 aromatic heterocycles. The lowest BCUT2D eigenvalue weighted by molar-refractivity contribution is -0.203. The summed E-state index contributed by atoms with van der Waals surface area (Å²) in [7, 11) is -3.36. The van der Waals surface area contributed by atoms with Gasteiger partial charge in [-0.1, -0.05) is 34.1 Å². The fourth-order valence-electron chi connectivity index (χ4n) is 9.75. The Morgan fingerprint density at radius 1 is 1.00 bits per heavy atom. The van der Waals surface area contributed by atoms with Crippen LogP contribution in [0.5, 0.6) is 0 Å². The van der Waals surface area contributed by atoms with Crippen LogP contribution < -0.4 is 0 Å². The van der Waals surface area contributed by atoms with Crippen molar-refractivity contribution in [2.75, 3.05) is 12.9 Å². The van der Waals surface area contributed by atoms with Crippen LogP contribution in [0.4, 0.5) is 0 Å². The van der Waals surface area contributed by atoms with Crippen LogP contribution in [0.3, 0.4) is 0 Å². The summed E-state index contributed by atoms with van der Waals surface area (Å²) in [5.74, 6) is 3.45. The van der Waals surface area contributed by atoms with Gasteiger partial charge in [0.15, 0.2) is 0 Å². The van der Waals surface area contributed by atoms with Gasteiger partial charge < -0.3 is 10.2 Å². The molecule has 0 aliphatic heterocycles. The van der Waals surface area contributed by atoms with E-state index in [1.807, 2.05) is 0 Å². The van der Waals surface area contributed by atoms with Crippen molar-refractivity contribution in [1.29, 1.82) is 0 Å². The van der Waals surface area contributed by atoms with Crippen molar-refractivity contribution in [1.82, 2.24) is 0 Å². The summed E-state index contributed by atoms with van der Waals surface area (Å²) < 4.78 is 27.5. The van der Waals surface area contributed by atoms with Crippen LogP contribution in [-0.4, -0.2) is 43.7 Å². The Balaban J connectivity index is 1.51. The second-order valence-corrected chi connectivity index (χ2v) is 14.4. The van der Waals surface area contributed by atoms with E-state index in [1.54, 1.807) is 0 Å². The Bertz CT molecular complexity index is 798. The van der Waals surface area contributed by atoms with E-state index in [2.05, 4.69) is 27.7 Å². The summed E-state index contributed by atoms with van der Waals surface area (Å²) in [6.45, 7) is 9.85. The highest BCUT2D eigenvalue weighted by Crippen LogP contribution is 2.69. The predicted octanol–water partition coefficient (Wildman–Crippen LogP) is 5.01. The Kier molecular flexibility index (Phi) is 7.35. The zero-order valence-electron chi connectivity index (χ0n) is 21.5. The van der Waals surface area contributed by atoms with E-state index in [9.17, 15) is 18.6 Å². The van der Waals surface area contributed by atoms with Gasteiger partial charge in [0.1, 0.15) is 0 Å². The molecule has 4 rings (SSSR count). The first-order chi connectivity index (χ1) is 15.4. The van der Waals surface area contributed by atoms with Crippen LogP contribution in [0.15, 0.2) is 0 Å². The molecule has 0 heterocycles. The fourth-order valence-corrected chi connectivity index (χ4v) is 10.2. The minimum atomic E-state index is -3.36. The highest BCUT2D eigenvalue weighted by Gasteiger charge is 2.64. The molecule has 0 radical (unpaired) electrons. The average Bonchev–Trinajstić information content (AvgIpc) is 3.09. The smallest absolute Gasteiger partial charge is 0.264 e. The zero-order valence-corrected chi connectivity index (χ0v) is 22.3. The van der Waals surface area contributed by atoms with Crippen molar-refractivity contribution < 1.29 is 22.8 Å². The first-order valence-electron chi connectivity index (χ1n) is 13.6. The molecule has 4 aliphatic rings. The summed E-state index contributed by atoms with van der Waals surface area (Å²) in [6, 6.07) is 0. The fraction of sp³-hybridized carbons (Fsp3) is 1.00. The first-order valence-corrected chi connectivity index (χ1v) is 15.4. The zero-order chi connectivity index (χ0) is 24.2. The van der Waals surface area contributed by atoms with Gasteiger partial charge in [-0.15, -0.1) is 0 Å². The third kappa shape index (κ3) is 4.56. The third-order valence-electron chi connectivity index (χ3n) is 11.3. The number of rotatable bonds is 7. The summed E-state index contributed by atoms with van der Waals surface area (Å²) >= 11 is 0. The minimum Gasteiger partial charge on any atom is -0.393 e. The van der Waals surface area contributed by atoms with Gasteiger partial charge in [0, 0.05) is 0 Å². The largest absolute Gasteiger partial charge is 0.393 e. The molecule has 2 N–H and O–H groups in total. The number of aliphatic hydroxyl groups is 2. The molecule has 6 heteroatoms. The molecule has 11 atom stereocenters. The van der Waals surface area contributed by atoms with Gasteiger partial charge in [-0.2, -0.15) is 8.42 Å². The Morgan fingerprint density at radius 3 is 2.33 bits per heavy atom. The second kappa shape index (κ2) is 9.37. The minimum absolute atomic E-state index is 0.196. The molecule has 5 unspecified atom stereocenters. The van der Waals surface area contributed by atoms with Crippen LogP contribution in [0, 0.1) is 52.3 Å². The summed E-state index contributed by atoms with van der Waals surface area (Å²) in [6.07, 6.45) is 11.2. The third-order valence-corrected chi connectivity index (χ3v) is 11.8. The quantitative estimate of drug-likeness (QED) is 0.392. The van der Waals surface area contributed by atoms with E-state index in [0.717, 1.165) is 44.8 Å². The molecule has 0 saturated heterocycles. The molecule has 5 nitrogen and oxygen atoms in total. The van der Waals surface area contributed by atoms with Gasteiger partial charge in [0.25, 0.3) is 10.1 Å². The topological polar surface area (TPSA) is 83.8 Å². The normalized spacial score (nSPS) is 48.6. The molecule has 192 valence electrons. The highest BCUT2D eigenvalue weighted by molar-refractivity contribution is 7.85. The van der Waals surface area contributed by atoms with E-state index in [0.29, 0.717) is 41.4 Å². The lowest BCUT2D eigenvalue weighted by Gasteiger charge is -2.64. The molecule has 33 heavy (non-hydrogen) atoms. The standard InChI is InChI=1S/C27H48O5S/c1-6-19-23-16-18(28)11-13-27(23,4)22-12-14-26(3)20(9-10-21(26)24(22)25(19)29)17(2)8-7-15-32-33(5,30)31/h17-25,28-29H,6-16H2,1-5H3/t17-,18-,19-,20?,21?,22?,23?,24?,25-,26-,27-/m1/s1. The van der Waals surface area contributed by atoms with Crippen molar-refractivity contribution in [3.05, 3.63) is 0 Å². The lowest BCUT2D eigenvalue weighted by Crippen LogP contribution is -2.62. The molecule has 0 aromatic rings. The maximum Gasteiger partial charge on any atom is 0.264 e. The molecule has 0 spiro atoms. The highest BCUT2D eigenvalue weighted by atomic mass is 32.2. The molecule has 4 saturated carbocycles. The molecule has 0 aromatic carbocycles. The summed E-state index contributed by atoms with van der Waals surface area (Å²) in [5, 5.41) is 22.2. The van der Waals surface area contributed by atoms with E-state index in [4.69, 9.17) is 4.18 Å². The summed E-state index contributed by atoms with van der Waals surface area (Å²) in [4.78, 5) is 0. The van der Waals surface area contributed by atoms with Crippen molar-refractivity contribution in [3.8, 4) is 0 Å². The van der Waals surface area contributed by atoms with Gasteiger partial charge >= 0.3 is 0 Å². The van der Waals surface area contributed by atoms with Crippen LogP contribution in [0.1, 0.15) is 91.9 Å². The molecule has 0 bridgehead atoms. The van der Waals surface area contributed by atoms with Gasteiger partial charge in [-0.05, 0) is 110 Å². The van der Waals surface area contributed by atoms with Crippen LogP contribution in [0.2, 0.25) is 0 Å². The number of hydrogen-bond donors (Lipinski definition) is 2. The van der Waals surface area contributed by atoms with Gasteiger partial charge in [-0.25, -0.2) is 0 Å². The maximum absolute atomic E-state index is 11.8. The first kappa shape index (κ1) is 25.9. The summed E-state index contributed by atoms with van der Waals surface area (Å²) in [5.41, 5.74) is 0.507. The second-order valence-electron chi connectivity index (χ2n) is 12.8. The Labute approximate surface area is 202 Å². The maximum atomic E-state index is 11.8. The van der Waals surface area contributed by atoms with Crippen LogP contribution in [-0.2, 0) is 14.3 Å². The van der Waals surface area contributed by atoms with E-state index >= 15 is 0 Å². The van der Waals surface area contributed by atoms with Crippen molar-refractivity contribution in [2.45, 2.75) is 104 Å². The number of hydrogen-bond acceptors (Lipinski definition) is 5. The van der Waals surface area contributed by atoms with Crippen molar-refractivity contribution in [2.24, 2.45) is 52.3 Å². The van der Waals surface area contributed by atoms with Gasteiger partial charge in [0.05, 0.1) is 25.1 Å². The van der Waals surface area contributed by atoms with Crippen molar-refractivity contribution >= 4 is 10.1 Å². The molecule has 0 amide bonds. The SMILES string of the molecule is CC[C@@H]1C2C[C@H](O)CC[C@]2(C)C2CC[C@@]3(C)C(CCC3[C@H](C)CCCOS(C)(=O)=O)C2[C@@H]1O. The number of aliphatic hydroxyl groups excluding tert-OH is 2. The molecular formula is C27H48O5S.